The number of aryl methyl sites for hydroxylation is 1. The first-order valence-electron chi connectivity index (χ1n) is 11.3. The average Bonchev–Trinajstić information content (AvgIpc) is 3.25. The number of hydrogen-bond acceptors (Lipinski definition) is 5. The Hall–Kier alpha value is -3.75. The fourth-order valence-corrected chi connectivity index (χ4v) is 5.42. The van der Waals surface area contributed by atoms with E-state index in [1.165, 1.54) is 12.1 Å². The van der Waals surface area contributed by atoms with E-state index >= 15 is 0 Å². The van der Waals surface area contributed by atoms with Crippen molar-refractivity contribution in [3.05, 3.63) is 102 Å². The van der Waals surface area contributed by atoms with Gasteiger partial charge in [0.2, 0.25) is 0 Å². The normalized spacial score (nSPS) is 11.8. The summed E-state index contributed by atoms with van der Waals surface area (Å²) in [7, 11) is -3.74. The standard InChI is InChI=1S/C27H24FN3O3S/c28-21-13-14-24-25(30-34-26(24)17-21)11-5-15-29-18-19-6-3-9-22(16-19)31-35(32,33)27-12-4-8-20-7-1-2-10-23(20)27/h1-4,6-10,12-14,16-17,29,31H,5,11,15,18H2. The van der Waals surface area contributed by atoms with E-state index in [0.717, 1.165) is 35.0 Å². The molecule has 0 unspecified atom stereocenters. The molecule has 0 bridgehead atoms. The minimum atomic E-state index is -3.74. The van der Waals surface area contributed by atoms with Gasteiger partial charge in [-0.2, -0.15) is 0 Å². The molecule has 0 aliphatic heterocycles. The van der Waals surface area contributed by atoms with Crippen LogP contribution in [0.5, 0.6) is 0 Å². The lowest BCUT2D eigenvalue weighted by Crippen LogP contribution is -2.16. The molecule has 2 N–H and O–H groups in total. The molecule has 0 saturated carbocycles. The molecule has 5 rings (SSSR count). The predicted octanol–water partition coefficient (Wildman–Crippen LogP) is 5.64. The van der Waals surface area contributed by atoms with Crippen molar-refractivity contribution in [3.63, 3.8) is 0 Å². The van der Waals surface area contributed by atoms with Crippen molar-refractivity contribution in [1.29, 1.82) is 0 Å². The third-order valence-corrected chi connectivity index (χ3v) is 7.26. The third kappa shape index (κ3) is 5.18. The van der Waals surface area contributed by atoms with Crippen LogP contribution in [0.25, 0.3) is 21.7 Å². The van der Waals surface area contributed by atoms with Crippen molar-refractivity contribution in [2.75, 3.05) is 11.3 Å². The van der Waals surface area contributed by atoms with E-state index in [1.54, 1.807) is 24.3 Å². The summed E-state index contributed by atoms with van der Waals surface area (Å²) in [5.74, 6) is -0.344. The number of halogens is 1. The Bertz CT molecular complexity index is 1590. The van der Waals surface area contributed by atoms with Crippen molar-refractivity contribution < 1.29 is 17.3 Å². The maximum atomic E-state index is 13.3. The zero-order valence-corrected chi connectivity index (χ0v) is 19.7. The van der Waals surface area contributed by atoms with Crippen LogP contribution in [0.2, 0.25) is 0 Å². The molecule has 0 aliphatic rings. The number of fused-ring (bicyclic) bond motifs is 2. The number of nitrogens with one attached hydrogen (secondary N) is 2. The highest BCUT2D eigenvalue weighted by Crippen LogP contribution is 2.25. The van der Waals surface area contributed by atoms with Gasteiger partial charge in [0, 0.05) is 29.1 Å². The molecule has 0 fully saturated rings. The number of aromatic nitrogens is 1. The quantitative estimate of drug-likeness (QED) is 0.262. The summed E-state index contributed by atoms with van der Waals surface area (Å²) >= 11 is 0. The monoisotopic (exact) mass is 489 g/mol. The van der Waals surface area contributed by atoms with Gasteiger partial charge in [0.05, 0.1) is 10.6 Å². The summed E-state index contributed by atoms with van der Waals surface area (Å²) in [4.78, 5) is 0.252. The van der Waals surface area contributed by atoms with Crippen molar-refractivity contribution in [2.45, 2.75) is 24.3 Å². The van der Waals surface area contributed by atoms with E-state index in [4.69, 9.17) is 4.52 Å². The minimum absolute atomic E-state index is 0.252. The molecule has 0 radical (unpaired) electrons. The summed E-state index contributed by atoms with van der Waals surface area (Å²) in [6, 6.07) is 24.5. The zero-order valence-electron chi connectivity index (χ0n) is 18.9. The van der Waals surface area contributed by atoms with Crippen LogP contribution in [-0.4, -0.2) is 20.1 Å². The van der Waals surface area contributed by atoms with Crippen LogP contribution in [0, 0.1) is 5.82 Å². The van der Waals surface area contributed by atoms with Crippen molar-refractivity contribution in [3.8, 4) is 0 Å². The van der Waals surface area contributed by atoms with E-state index < -0.39 is 10.0 Å². The Morgan fingerprint density at radius 3 is 2.63 bits per heavy atom. The van der Waals surface area contributed by atoms with Gasteiger partial charge in [0.25, 0.3) is 10.0 Å². The van der Waals surface area contributed by atoms with Gasteiger partial charge in [0.15, 0.2) is 5.58 Å². The van der Waals surface area contributed by atoms with Gasteiger partial charge in [0.1, 0.15) is 5.82 Å². The summed E-state index contributed by atoms with van der Waals surface area (Å²) in [6.07, 6.45) is 1.53. The first-order chi connectivity index (χ1) is 17.0. The number of nitrogens with zero attached hydrogens (tertiary/aromatic N) is 1. The first-order valence-corrected chi connectivity index (χ1v) is 12.8. The Morgan fingerprint density at radius 1 is 0.886 bits per heavy atom. The fourth-order valence-electron chi connectivity index (χ4n) is 4.14. The van der Waals surface area contributed by atoms with Crippen LogP contribution in [0.15, 0.2) is 94.3 Å². The molecule has 0 aliphatic carbocycles. The van der Waals surface area contributed by atoms with Gasteiger partial charge in [-0.05, 0) is 60.7 Å². The van der Waals surface area contributed by atoms with Gasteiger partial charge in [-0.25, -0.2) is 12.8 Å². The van der Waals surface area contributed by atoms with Gasteiger partial charge in [-0.1, -0.05) is 53.7 Å². The van der Waals surface area contributed by atoms with Crippen LogP contribution in [0.4, 0.5) is 10.1 Å². The highest BCUT2D eigenvalue weighted by atomic mass is 32.2. The Labute approximate surface area is 202 Å². The number of hydrogen-bond donors (Lipinski definition) is 2. The first kappa shape index (κ1) is 23.0. The summed E-state index contributed by atoms with van der Waals surface area (Å²) in [5.41, 5.74) is 2.74. The highest BCUT2D eigenvalue weighted by Gasteiger charge is 2.17. The number of rotatable bonds is 9. The lowest BCUT2D eigenvalue weighted by atomic mass is 10.1. The molecule has 1 heterocycles. The number of benzene rings is 4. The van der Waals surface area contributed by atoms with Crippen molar-refractivity contribution in [1.82, 2.24) is 10.5 Å². The zero-order chi connectivity index (χ0) is 24.3. The van der Waals surface area contributed by atoms with E-state index in [9.17, 15) is 12.8 Å². The second-order valence-corrected chi connectivity index (χ2v) is 9.98. The predicted molar refractivity (Wildman–Crippen MR) is 135 cm³/mol. The van der Waals surface area contributed by atoms with Crippen LogP contribution < -0.4 is 10.0 Å². The van der Waals surface area contributed by atoms with Crippen LogP contribution in [0.3, 0.4) is 0 Å². The fraction of sp³-hybridized carbons (Fsp3) is 0.148. The maximum Gasteiger partial charge on any atom is 0.262 e. The average molecular weight is 490 g/mol. The molecule has 178 valence electrons. The SMILES string of the molecule is O=S(=O)(Nc1cccc(CNCCCc2noc3cc(F)ccc23)c1)c1cccc2ccccc12. The lowest BCUT2D eigenvalue weighted by Gasteiger charge is -2.12. The molecule has 0 saturated heterocycles. The second kappa shape index (κ2) is 9.85. The van der Waals surface area contributed by atoms with Gasteiger partial charge < -0.3 is 9.84 Å². The molecular weight excluding hydrogens is 465 g/mol. The molecular formula is C27H24FN3O3S. The van der Waals surface area contributed by atoms with E-state index in [0.29, 0.717) is 29.6 Å². The number of anilines is 1. The van der Waals surface area contributed by atoms with Gasteiger partial charge in [-0.3, -0.25) is 4.72 Å². The summed E-state index contributed by atoms with van der Waals surface area (Å²) in [6.45, 7) is 1.33. The molecule has 0 spiro atoms. The Morgan fingerprint density at radius 2 is 1.71 bits per heavy atom. The Kier molecular flexibility index (Phi) is 6.48. The van der Waals surface area contributed by atoms with Gasteiger partial charge in [-0.15, -0.1) is 0 Å². The van der Waals surface area contributed by atoms with E-state index in [1.807, 2.05) is 48.5 Å². The van der Waals surface area contributed by atoms with Crippen molar-refractivity contribution in [2.24, 2.45) is 0 Å². The minimum Gasteiger partial charge on any atom is -0.356 e. The molecule has 1 aromatic heterocycles. The molecule has 5 aromatic rings. The lowest BCUT2D eigenvalue weighted by molar-refractivity contribution is 0.442. The number of sulfonamides is 1. The van der Waals surface area contributed by atoms with Crippen LogP contribution in [0.1, 0.15) is 17.7 Å². The van der Waals surface area contributed by atoms with Gasteiger partial charge >= 0.3 is 0 Å². The third-order valence-electron chi connectivity index (χ3n) is 5.82. The largest absolute Gasteiger partial charge is 0.356 e. The maximum absolute atomic E-state index is 13.3. The van der Waals surface area contributed by atoms with Crippen molar-refractivity contribution >= 4 is 37.5 Å². The smallest absolute Gasteiger partial charge is 0.262 e. The Balaban J connectivity index is 1.18. The van der Waals surface area contributed by atoms with Crippen LogP contribution >= 0.6 is 0 Å². The molecule has 8 heteroatoms. The summed E-state index contributed by atoms with van der Waals surface area (Å²) < 4.78 is 47.4. The second-order valence-electron chi connectivity index (χ2n) is 8.33. The molecule has 0 atom stereocenters. The summed E-state index contributed by atoms with van der Waals surface area (Å²) in [5, 5.41) is 9.81. The molecule has 6 nitrogen and oxygen atoms in total. The van der Waals surface area contributed by atoms with Crippen LogP contribution in [-0.2, 0) is 23.0 Å². The van der Waals surface area contributed by atoms with E-state index in [2.05, 4.69) is 15.2 Å². The molecule has 4 aromatic carbocycles. The topological polar surface area (TPSA) is 84.2 Å². The molecule has 35 heavy (non-hydrogen) atoms. The van der Waals surface area contributed by atoms with E-state index in [-0.39, 0.29) is 10.7 Å². The highest BCUT2D eigenvalue weighted by molar-refractivity contribution is 7.93. The molecule has 0 amide bonds.